The largest absolute Gasteiger partial charge is 0.351 e. The lowest BCUT2D eigenvalue weighted by Crippen LogP contribution is -2.37. The van der Waals surface area contributed by atoms with Crippen LogP contribution >= 0.6 is 0 Å². The number of aryl methyl sites for hydroxylation is 1. The maximum atomic E-state index is 12.3. The smallest absolute Gasteiger partial charge is 0.292 e. The van der Waals surface area contributed by atoms with Gasteiger partial charge in [0, 0.05) is 31.5 Å². The highest BCUT2D eigenvalue weighted by molar-refractivity contribution is 5.91. The molecule has 0 N–H and O–H groups in total. The molecule has 1 saturated heterocycles. The van der Waals surface area contributed by atoms with Crippen molar-refractivity contribution in [3.63, 3.8) is 0 Å². The van der Waals surface area contributed by atoms with E-state index in [1.165, 1.54) is 0 Å². The maximum absolute atomic E-state index is 12.3. The second-order valence-electron chi connectivity index (χ2n) is 6.55. The van der Waals surface area contributed by atoms with Gasteiger partial charge in [-0.05, 0) is 25.7 Å². The van der Waals surface area contributed by atoms with Gasteiger partial charge in [0.05, 0.1) is 5.69 Å². The van der Waals surface area contributed by atoms with E-state index >= 15 is 0 Å². The predicted molar refractivity (Wildman–Crippen MR) is 82.0 cm³/mol. The Hall–Kier alpha value is -2.18. The number of piperidine rings is 1. The van der Waals surface area contributed by atoms with Crippen molar-refractivity contribution in [3.8, 4) is 0 Å². The fourth-order valence-electron chi connectivity index (χ4n) is 2.83. The Morgan fingerprint density at radius 2 is 2.04 bits per heavy atom. The third-order valence-electron chi connectivity index (χ3n) is 4.04. The van der Waals surface area contributed by atoms with Crippen LogP contribution in [0.15, 0.2) is 15.1 Å². The summed E-state index contributed by atoms with van der Waals surface area (Å²) in [4.78, 5) is 18.6. The first-order valence-corrected chi connectivity index (χ1v) is 8.08. The monoisotopic (exact) mass is 318 g/mol. The fourth-order valence-corrected chi connectivity index (χ4v) is 2.83. The molecule has 0 atom stereocenters. The average Bonchev–Trinajstić information content (AvgIpc) is 3.15. The molecule has 1 aliphatic heterocycles. The van der Waals surface area contributed by atoms with E-state index in [0.29, 0.717) is 36.4 Å². The number of rotatable bonds is 4. The summed E-state index contributed by atoms with van der Waals surface area (Å²) in [6, 6.07) is 1.67. The molecule has 0 bridgehead atoms. The normalized spacial score (nSPS) is 16.3. The number of hydrogen-bond donors (Lipinski definition) is 0. The van der Waals surface area contributed by atoms with Crippen LogP contribution in [0.25, 0.3) is 0 Å². The van der Waals surface area contributed by atoms with Gasteiger partial charge in [-0.15, -0.1) is 0 Å². The molecule has 3 rings (SSSR count). The van der Waals surface area contributed by atoms with E-state index in [1.54, 1.807) is 17.9 Å². The number of nitrogens with zero attached hydrogens (tertiary/aromatic N) is 4. The predicted octanol–water partition coefficient (Wildman–Crippen LogP) is 2.58. The molecule has 3 heterocycles. The molecular weight excluding hydrogens is 296 g/mol. The lowest BCUT2D eigenvalue weighted by Gasteiger charge is -2.29. The second-order valence-corrected chi connectivity index (χ2v) is 6.55. The molecular formula is C16H22N4O3. The Kier molecular flexibility index (Phi) is 4.45. The van der Waals surface area contributed by atoms with Crippen LogP contribution in [0.2, 0.25) is 0 Å². The fraction of sp³-hybridized carbons (Fsp3) is 0.625. The number of carbonyl (C=O) groups is 1. The van der Waals surface area contributed by atoms with Crippen molar-refractivity contribution in [2.24, 2.45) is 5.92 Å². The Balaban J connectivity index is 1.58. The summed E-state index contributed by atoms with van der Waals surface area (Å²) in [5, 5.41) is 7.81. The Morgan fingerprint density at radius 1 is 1.30 bits per heavy atom. The van der Waals surface area contributed by atoms with Gasteiger partial charge in [0.2, 0.25) is 11.7 Å². The summed E-state index contributed by atoms with van der Waals surface area (Å²) < 4.78 is 10.4. The zero-order valence-electron chi connectivity index (χ0n) is 13.8. The Bertz CT molecular complexity index is 668. The van der Waals surface area contributed by atoms with Crippen LogP contribution in [-0.2, 0) is 6.42 Å². The minimum Gasteiger partial charge on any atom is -0.351 e. The molecule has 124 valence electrons. The van der Waals surface area contributed by atoms with Crippen molar-refractivity contribution < 1.29 is 13.8 Å². The minimum atomic E-state index is -0.102. The lowest BCUT2D eigenvalue weighted by molar-refractivity contribution is 0.0662. The van der Waals surface area contributed by atoms with Gasteiger partial charge < -0.3 is 13.9 Å². The van der Waals surface area contributed by atoms with Gasteiger partial charge >= 0.3 is 0 Å². The molecule has 2 aromatic rings. The zero-order valence-corrected chi connectivity index (χ0v) is 13.8. The molecule has 1 amide bonds. The van der Waals surface area contributed by atoms with Gasteiger partial charge in [-0.1, -0.05) is 24.2 Å². The number of hydrogen-bond acceptors (Lipinski definition) is 6. The quantitative estimate of drug-likeness (QED) is 0.861. The van der Waals surface area contributed by atoms with Gasteiger partial charge in [0.1, 0.15) is 0 Å². The first kappa shape index (κ1) is 15.7. The molecule has 0 aliphatic carbocycles. The molecule has 2 aromatic heterocycles. The number of amides is 1. The van der Waals surface area contributed by atoms with Crippen LogP contribution in [0, 0.1) is 12.8 Å². The maximum Gasteiger partial charge on any atom is 0.292 e. The van der Waals surface area contributed by atoms with Crippen molar-refractivity contribution in [1.82, 2.24) is 20.2 Å². The molecule has 7 heteroatoms. The molecule has 0 aromatic carbocycles. The third kappa shape index (κ3) is 3.60. The Labute approximate surface area is 135 Å². The summed E-state index contributed by atoms with van der Waals surface area (Å²) in [5.41, 5.74) is 0.715. The summed E-state index contributed by atoms with van der Waals surface area (Å²) in [5.74, 6) is 2.40. The van der Waals surface area contributed by atoms with E-state index in [1.807, 2.05) is 0 Å². The third-order valence-corrected chi connectivity index (χ3v) is 4.04. The van der Waals surface area contributed by atoms with E-state index in [-0.39, 0.29) is 11.8 Å². The number of likely N-dealkylation sites (tertiary alicyclic amines) is 1. The highest BCUT2D eigenvalue weighted by Gasteiger charge is 2.29. The number of carbonyl (C=O) groups excluding carboxylic acids is 1. The van der Waals surface area contributed by atoms with Gasteiger partial charge in [-0.3, -0.25) is 4.79 Å². The van der Waals surface area contributed by atoms with E-state index in [2.05, 4.69) is 29.1 Å². The Morgan fingerprint density at radius 3 is 2.65 bits per heavy atom. The van der Waals surface area contributed by atoms with Crippen molar-refractivity contribution in [1.29, 1.82) is 0 Å². The zero-order chi connectivity index (χ0) is 16.4. The average molecular weight is 318 g/mol. The van der Waals surface area contributed by atoms with Gasteiger partial charge in [0.15, 0.2) is 5.82 Å². The molecule has 23 heavy (non-hydrogen) atoms. The van der Waals surface area contributed by atoms with E-state index in [4.69, 9.17) is 9.05 Å². The van der Waals surface area contributed by atoms with Gasteiger partial charge in [-0.25, -0.2) is 0 Å². The van der Waals surface area contributed by atoms with Crippen molar-refractivity contribution in [2.45, 2.75) is 46.0 Å². The molecule has 7 nitrogen and oxygen atoms in total. The molecule has 0 spiro atoms. The molecule has 0 saturated carbocycles. The molecule has 0 unspecified atom stereocenters. The van der Waals surface area contributed by atoms with Crippen LogP contribution in [0.1, 0.15) is 60.6 Å². The van der Waals surface area contributed by atoms with Crippen molar-refractivity contribution >= 4 is 5.91 Å². The van der Waals surface area contributed by atoms with E-state index in [0.717, 1.165) is 25.1 Å². The first-order valence-electron chi connectivity index (χ1n) is 8.08. The van der Waals surface area contributed by atoms with E-state index in [9.17, 15) is 4.79 Å². The van der Waals surface area contributed by atoms with Crippen molar-refractivity contribution in [3.05, 3.63) is 29.2 Å². The second kappa shape index (κ2) is 6.52. The van der Waals surface area contributed by atoms with Crippen LogP contribution in [0.4, 0.5) is 0 Å². The summed E-state index contributed by atoms with van der Waals surface area (Å²) >= 11 is 0. The van der Waals surface area contributed by atoms with E-state index < -0.39 is 0 Å². The number of aromatic nitrogens is 3. The summed E-state index contributed by atoms with van der Waals surface area (Å²) in [6.07, 6.45) is 2.47. The van der Waals surface area contributed by atoms with Crippen LogP contribution in [0.5, 0.6) is 0 Å². The van der Waals surface area contributed by atoms with Crippen molar-refractivity contribution in [2.75, 3.05) is 13.1 Å². The van der Waals surface area contributed by atoms with Crippen LogP contribution < -0.4 is 0 Å². The summed E-state index contributed by atoms with van der Waals surface area (Å²) in [7, 11) is 0. The van der Waals surface area contributed by atoms with Gasteiger partial charge in [0.25, 0.3) is 5.91 Å². The summed E-state index contributed by atoms with van der Waals surface area (Å²) in [6.45, 7) is 7.38. The highest BCUT2D eigenvalue weighted by Crippen LogP contribution is 2.27. The lowest BCUT2D eigenvalue weighted by atomic mass is 9.96. The molecule has 1 fully saturated rings. The van der Waals surface area contributed by atoms with Crippen LogP contribution in [0.3, 0.4) is 0 Å². The van der Waals surface area contributed by atoms with Crippen LogP contribution in [-0.4, -0.2) is 39.2 Å². The van der Waals surface area contributed by atoms with Gasteiger partial charge in [-0.2, -0.15) is 4.98 Å². The SMILES string of the molecule is Cc1cc(C(=O)N2CCC(c3nc(CC(C)C)no3)CC2)on1. The highest BCUT2D eigenvalue weighted by atomic mass is 16.5. The first-order chi connectivity index (χ1) is 11.0. The molecule has 0 radical (unpaired) electrons. The topological polar surface area (TPSA) is 85.3 Å². The standard InChI is InChI=1S/C16H22N4O3/c1-10(2)8-14-17-15(23-19-14)12-4-6-20(7-5-12)16(21)13-9-11(3)18-22-13/h9-10,12H,4-8H2,1-3H3. The minimum absolute atomic E-state index is 0.102. The molecule has 1 aliphatic rings.